The summed E-state index contributed by atoms with van der Waals surface area (Å²) in [5.74, 6) is -0.956. The molecule has 1 atom stereocenters. The molecule has 0 aromatic rings. The van der Waals surface area contributed by atoms with Crippen molar-refractivity contribution in [3.8, 4) is 0 Å². The number of esters is 3. The highest BCUT2D eigenvalue weighted by molar-refractivity contribution is 5.71. The lowest BCUT2D eigenvalue weighted by molar-refractivity contribution is -0.167. The Kier molecular flexibility index (Phi) is 61.8. The summed E-state index contributed by atoms with van der Waals surface area (Å²) in [6, 6.07) is 0. The van der Waals surface area contributed by atoms with Crippen LogP contribution >= 0.6 is 0 Å². The molecule has 0 aliphatic carbocycles. The molecular formula is C71H122O6. The molecule has 0 fully saturated rings. The minimum absolute atomic E-state index is 0.0978. The lowest BCUT2D eigenvalue weighted by atomic mass is 10.0. The fourth-order valence-electron chi connectivity index (χ4n) is 9.19. The van der Waals surface area contributed by atoms with Crippen molar-refractivity contribution in [2.75, 3.05) is 13.2 Å². The molecule has 0 saturated carbocycles. The smallest absolute Gasteiger partial charge is 0.306 e. The van der Waals surface area contributed by atoms with Gasteiger partial charge in [-0.05, 0) is 96.3 Å². The number of hydrogen-bond donors (Lipinski definition) is 0. The highest BCUT2D eigenvalue weighted by Crippen LogP contribution is 2.17. The zero-order valence-electron chi connectivity index (χ0n) is 50.7. The number of carbonyl (C=O) groups excluding carboxylic acids is 3. The van der Waals surface area contributed by atoms with E-state index in [0.29, 0.717) is 19.3 Å². The monoisotopic (exact) mass is 1070 g/mol. The Morgan fingerprint density at radius 2 is 0.519 bits per heavy atom. The first-order chi connectivity index (χ1) is 38.0. The van der Waals surface area contributed by atoms with Gasteiger partial charge in [-0.25, -0.2) is 0 Å². The van der Waals surface area contributed by atoms with Crippen LogP contribution in [0.15, 0.2) is 97.2 Å². The maximum absolute atomic E-state index is 12.9. The molecule has 0 aromatic carbocycles. The molecule has 442 valence electrons. The van der Waals surface area contributed by atoms with E-state index in [1.54, 1.807) is 0 Å². The van der Waals surface area contributed by atoms with E-state index in [9.17, 15) is 14.4 Å². The van der Waals surface area contributed by atoms with Crippen LogP contribution in [-0.2, 0) is 28.6 Å². The predicted octanol–water partition coefficient (Wildman–Crippen LogP) is 22.4. The number of allylic oxidation sites excluding steroid dienone is 16. The number of carbonyl (C=O) groups is 3. The molecule has 1 unspecified atom stereocenters. The van der Waals surface area contributed by atoms with Gasteiger partial charge in [0.05, 0.1) is 0 Å². The average molecular weight is 1070 g/mol. The van der Waals surface area contributed by atoms with E-state index in [0.717, 1.165) is 96.3 Å². The minimum atomic E-state index is -0.805. The maximum Gasteiger partial charge on any atom is 0.306 e. The van der Waals surface area contributed by atoms with Crippen LogP contribution in [0.1, 0.15) is 316 Å². The van der Waals surface area contributed by atoms with Gasteiger partial charge in [-0.1, -0.05) is 298 Å². The summed E-state index contributed by atoms with van der Waals surface area (Å²) in [5.41, 5.74) is 0. The summed E-state index contributed by atoms with van der Waals surface area (Å²) in [6.45, 7) is 6.49. The Morgan fingerprint density at radius 3 is 0.870 bits per heavy atom. The average Bonchev–Trinajstić information content (AvgIpc) is 3.43. The molecule has 0 N–H and O–H groups in total. The fourth-order valence-corrected chi connectivity index (χ4v) is 9.19. The van der Waals surface area contributed by atoms with Crippen LogP contribution in [-0.4, -0.2) is 37.2 Å². The van der Waals surface area contributed by atoms with Gasteiger partial charge in [0.1, 0.15) is 13.2 Å². The second-order valence-electron chi connectivity index (χ2n) is 21.6. The highest BCUT2D eigenvalue weighted by atomic mass is 16.6. The van der Waals surface area contributed by atoms with Gasteiger partial charge in [0.25, 0.3) is 0 Å². The summed E-state index contributed by atoms with van der Waals surface area (Å²) in [7, 11) is 0. The summed E-state index contributed by atoms with van der Waals surface area (Å²) in [6.07, 6.45) is 87.1. The van der Waals surface area contributed by atoms with Gasteiger partial charge < -0.3 is 14.2 Å². The first kappa shape index (κ1) is 73.3. The molecule has 0 bridgehead atoms. The van der Waals surface area contributed by atoms with Gasteiger partial charge in [-0.15, -0.1) is 0 Å². The standard InChI is InChI=1S/C71H122O6/c1-4-7-10-13-16-19-22-25-27-29-31-33-35-37-39-41-43-46-49-52-55-58-61-64-70(73)76-67-68(66-75-69(72)63-60-57-54-51-48-45-24-21-18-15-12-9-6-3)77-71(74)65-62-59-56-53-50-47-44-42-40-38-36-34-32-30-28-26-23-20-17-14-11-8-5-2/h7,10,16,19,21,24-25,27,31,33,37,39,43,46,52,55,68H,4-6,8-9,11-15,17-18,20,22-23,26,28-30,32,34-36,38,40-42,44-45,47-51,53-54,56-67H2,1-3H3/b10-7-,19-16-,24-21-,27-25-,33-31-,39-37-,46-43-,55-52-. The van der Waals surface area contributed by atoms with Crippen molar-refractivity contribution in [1.82, 2.24) is 0 Å². The topological polar surface area (TPSA) is 78.9 Å². The van der Waals surface area contributed by atoms with E-state index in [1.807, 2.05) is 0 Å². The molecule has 0 spiro atoms. The van der Waals surface area contributed by atoms with E-state index < -0.39 is 6.10 Å². The summed E-state index contributed by atoms with van der Waals surface area (Å²) in [5, 5.41) is 0. The summed E-state index contributed by atoms with van der Waals surface area (Å²) < 4.78 is 16.9. The molecule has 0 rings (SSSR count). The van der Waals surface area contributed by atoms with Crippen LogP contribution in [0.2, 0.25) is 0 Å². The van der Waals surface area contributed by atoms with Crippen molar-refractivity contribution < 1.29 is 28.6 Å². The lowest BCUT2D eigenvalue weighted by Crippen LogP contribution is -2.30. The van der Waals surface area contributed by atoms with Gasteiger partial charge >= 0.3 is 17.9 Å². The molecule has 0 aliphatic rings. The minimum Gasteiger partial charge on any atom is -0.462 e. The molecule has 0 aliphatic heterocycles. The van der Waals surface area contributed by atoms with E-state index >= 15 is 0 Å². The maximum atomic E-state index is 12.9. The van der Waals surface area contributed by atoms with Gasteiger partial charge in [0.2, 0.25) is 0 Å². The van der Waals surface area contributed by atoms with Crippen LogP contribution in [0.3, 0.4) is 0 Å². The van der Waals surface area contributed by atoms with Crippen LogP contribution in [0.4, 0.5) is 0 Å². The van der Waals surface area contributed by atoms with E-state index in [4.69, 9.17) is 14.2 Å². The number of hydrogen-bond acceptors (Lipinski definition) is 6. The third-order valence-electron chi connectivity index (χ3n) is 14.1. The molecular weight excluding hydrogens is 949 g/mol. The van der Waals surface area contributed by atoms with Crippen molar-refractivity contribution in [3.05, 3.63) is 97.2 Å². The van der Waals surface area contributed by atoms with Gasteiger partial charge in [0, 0.05) is 19.3 Å². The highest BCUT2D eigenvalue weighted by Gasteiger charge is 2.19. The first-order valence-electron chi connectivity index (χ1n) is 32.7. The molecule has 6 heteroatoms. The Labute approximate surface area is 477 Å². The molecule has 77 heavy (non-hydrogen) atoms. The second-order valence-corrected chi connectivity index (χ2v) is 21.6. The molecule has 0 radical (unpaired) electrons. The summed E-state index contributed by atoms with van der Waals surface area (Å²) >= 11 is 0. The third kappa shape index (κ3) is 63.0. The normalized spacial score (nSPS) is 12.7. The van der Waals surface area contributed by atoms with Crippen LogP contribution < -0.4 is 0 Å². The van der Waals surface area contributed by atoms with Crippen molar-refractivity contribution in [3.63, 3.8) is 0 Å². The van der Waals surface area contributed by atoms with Crippen LogP contribution in [0, 0.1) is 0 Å². The molecule has 6 nitrogen and oxygen atoms in total. The van der Waals surface area contributed by atoms with Gasteiger partial charge in [-0.3, -0.25) is 14.4 Å². The Balaban J connectivity index is 4.40. The largest absolute Gasteiger partial charge is 0.462 e. The molecule has 0 amide bonds. The van der Waals surface area contributed by atoms with Crippen LogP contribution in [0.25, 0.3) is 0 Å². The Hall–Kier alpha value is -3.67. The molecule has 0 saturated heterocycles. The number of rotatable bonds is 59. The number of unbranched alkanes of at least 4 members (excludes halogenated alkanes) is 32. The van der Waals surface area contributed by atoms with Crippen LogP contribution in [0.5, 0.6) is 0 Å². The predicted molar refractivity (Wildman–Crippen MR) is 334 cm³/mol. The number of ether oxygens (including phenoxy) is 3. The fraction of sp³-hybridized carbons (Fsp3) is 0.732. The van der Waals surface area contributed by atoms with Gasteiger partial charge in [0.15, 0.2) is 6.10 Å². The first-order valence-corrected chi connectivity index (χ1v) is 32.7. The summed E-state index contributed by atoms with van der Waals surface area (Å²) in [4.78, 5) is 38.3. The van der Waals surface area contributed by atoms with Gasteiger partial charge in [-0.2, -0.15) is 0 Å². The van der Waals surface area contributed by atoms with Crippen molar-refractivity contribution in [1.29, 1.82) is 0 Å². The Morgan fingerprint density at radius 1 is 0.273 bits per heavy atom. The van der Waals surface area contributed by atoms with E-state index in [1.165, 1.54) is 173 Å². The Bertz CT molecular complexity index is 1510. The zero-order chi connectivity index (χ0) is 55.7. The lowest BCUT2D eigenvalue weighted by Gasteiger charge is -2.18. The van der Waals surface area contributed by atoms with E-state index in [2.05, 4.69) is 118 Å². The zero-order valence-corrected chi connectivity index (χ0v) is 50.7. The van der Waals surface area contributed by atoms with E-state index in [-0.39, 0.29) is 37.5 Å². The third-order valence-corrected chi connectivity index (χ3v) is 14.1. The van der Waals surface area contributed by atoms with Crippen molar-refractivity contribution in [2.24, 2.45) is 0 Å². The molecule has 0 aromatic heterocycles. The van der Waals surface area contributed by atoms with Crippen molar-refractivity contribution in [2.45, 2.75) is 322 Å². The quantitative estimate of drug-likeness (QED) is 0.0261. The SMILES string of the molecule is CC/C=C\C/C=C\C/C=C\C/C=C\C/C=C\C/C=C\C/C=C\CCCC(=O)OCC(COC(=O)CCCCCCC/C=C\CCCCCC)OC(=O)CCCCCCCCCCCCCCCCCCCCCCCCC. The van der Waals surface area contributed by atoms with Crippen molar-refractivity contribution >= 4 is 17.9 Å². The second kappa shape index (κ2) is 64.9. The molecule has 0 heterocycles.